The molecule has 0 saturated carbocycles. The van der Waals surface area contributed by atoms with Gasteiger partial charge in [0.2, 0.25) is 0 Å². The fourth-order valence-corrected chi connectivity index (χ4v) is 1.75. The molecule has 0 atom stereocenters. The largest absolute Gasteiger partial charge is 0.399 e. The second-order valence-electron chi connectivity index (χ2n) is 4.13. The number of rotatable bonds is 5. The van der Waals surface area contributed by atoms with Crippen molar-refractivity contribution < 1.29 is 4.74 Å². The summed E-state index contributed by atoms with van der Waals surface area (Å²) in [5, 5.41) is 0.549. The van der Waals surface area contributed by atoms with Gasteiger partial charge in [0.15, 0.2) is 0 Å². The molecule has 5 heteroatoms. The van der Waals surface area contributed by atoms with Gasteiger partial charge in [0.25, 0.3) is 5.56 Å². The maximum Gasteiger partial charge on any atom is 0.261 e. The molecule has 1 aromatic carbocycles. The molecular formula is C13H17N3O2. The van der Waals surface area contributed by atoms with E-state index >= 15 is 0 Å². The summed E-state index contributed by atoms with van der Waals surface area (Å²) in [5.74, 6) is 0. The maximum absolute atomic E-state index is 12.2. The fraction of sp³-hybridized carbons (Fsp3) is 0.385. The summed E-state index contributed by atoms with van der Waals surface area (Å²) in [7, 11) is 0. The molecule has 96 valence electrons. The predicted molar refractivity (Wildman–Crippen MR) is 71.5 cm³/mol. The van der Waals surface area contributed by atoms with Crippen LogP contribution in [0.1, 0.15) is 13.3 Å². The van der Waals surface area contributed by atoms with Crippen LogP contribution in [0.3, 0.4) is 0 Å². The van der Waals surface area contributed by atoms with Gasteiger partial charge in [0.05, 0.1) is 30.4 Å². The standard InChI is InChI=1S/C13H17N3O2/c1-2-6-18-7-5-16-9-15-12-4-3-10(14)8-11(12)13(16)17/h3-4,8-9H,2,5-7,14H2,1H3. The molecule has 2 rings (SSSR count). The predicted octanol–water partition coefficient (Wildman–Crippen LogP) is 1.41. The molecular weight excluding hydrogens is 230 g/mol. The number of nitrogens with zero attached hydrogens (tertiary/aromatic N) is 2. The number of nitrogens with two attached hydrogens (primary N) is 1. The van der Waals surface area contributed by atoms with Crippen LogP contribution in [-0.4, -0.2) is 22.8 Å². The quantitative estimate of drug-likeness (QED) is 0.640. The van der Waals surface area contributed by atoms with Crippen LogP contribution in [0, 0.1) is 0 Å². The lowest BCUT2D eigenvalue weighted by molar-refractivity contribution is 0.126. The SMILES string of the molecule is CCCOCCn1cnc2ccc(N)cc2c1=O. The minimum atomic E-state index is -0.0765. The van der Waals surface area contributed by atoms with E-state index in [1.807, 2.05) is 6.92 Å². The van der Waals surface area contributed by atoms with E-state index in [0.717, 1.165) is 6.42 Å². The molecule has 0 spiro atoms. The summed E-state index contributed by atoms with van der Waals surface area (Å²) in [5.41, 5.74) is 6.84. The molecule has 5 nitrogen and oxygen atoms in total. The molecule has 0 unspecified atom stereocenters. The van der Waals surface area contributed by atoms with Crippen molar-refractivity contribution in [3.8, 4) is 0 Å². The Bertz CT molecular complexity index is 592. The van der Waals surface area contributed by atoms with Gasteiger partial charge in [-0.05, 0) is 24.6 Å². The van der Waals surface area contributed by atoms with Crippen LogP contribution in [0.2, 0.25) is 0 Å². The van der Waals surface area contributed by atoms with Gasteiger partial charge in [-0.1, -0.05) is 6.92 Å². The third-order valence-corrected chi connectivity index (χ3v) is 2.67. The summed E-state index contributed by atoms with van der Waals surface area (Å²) in [6, 6.07) is 5.15. The number of hydrogen-bond donors (Lipinski definition) is 1. The minimum Gasteiger partial charge on any atom is -0.399 e. The molecule has 0 aliphatic rings. The van der Waals surface area contributed by atoms with E-state index in [1.54, 1.807) is 29.1 Å². The third kappa shape index (κ3) is 2.68. The van der Waals surface area contributed by atoms with Gasteiger partial charge in [0.1, 0.15) is 0 Å². The Hall–Kier alpha value is -1.88. The molecule has 1 aromatic heterocycles. The smallest absolute Gasteiger partial charge is 0.261 e. The highest BCUT2D eigenvalue weighted by molar-refractivity contribution is 5.80. The average molecular weight is 247 g/mol. The van der Waals surface area contributed by atoms with Gasteiger partial charge in [0, 0.05) is 12.3 Å². The molecule has 0 aliphatic carbocycles. The highest BCUT2D eigenvalue weighted by Gasteiger charge is 2.04. The number of ether oxygens (including phenoxy) is 1. The van der Waals surface area contributed by atoms with Gasteiger partial charge in [-0.25, -0.2) is 4.98 Å². The van der Waals surface area contributed by atoms with Gasteiger partial charge in [-0.15, -0.1) is 0 Å². The number of fused-ring (bicyclic) bond motifs is 1. The molecule has 0 radical (unpaired) electrons. The zero-order valence-corrected chi connectivity index (χ0v) is 10.4. The number of nitrogen functional groups attached to an aromatic ring is 1. The first-order valence-electron chi connectivity index (χ1n) is 6.05. The summed E-state index contributed by atoms with van der Waals surface area (Å²) in [6.45, 7) is 3.79. The number of benzene rings is 1. The molecule has 18 heavy (non-hydrogen) atoms. The van der Waals surface area contributed by atoms with Crippen LogP contribution >= 0.6 is 0 Å². The van der Waals surface area contributed by atoms with Gasteiger partial charge >= 0.3 is 0 Å². The Labute approximate surface area is 105 Å². The van der Waals surface area contributed by atoms with Gasteiger partial charge < -0.3 is 10.5 Å². The average Bonchev–Trinajstić information content (AvgIpc) is 2.38. The van der Waals surface area contributed by atoms with Crippen molar-refractivity contribution >= 4 is 16.6 Å². The van der Waals surface area contributed by atoms with E-state index in [2.05, 4.69) is 4.98 Å². The lowest BCUT2D eigenvalue weighted by Crippen LogP contribution is -2.23. The van der Waals surface area contributed by atoms with E-state index in [1.165, 1.54) is 0 Å². The van der Waals surface area contributed by atoms with E-state index < -0.39 is 0 Å². The van der Waals surface area contributed by atoms with Crippen molar-refractivity contribution in [3.05, 3.63) is 34.9 Å². The number of aromatic nitrogens is 2. The highest BCUT2D eigenvalue weighted by Crippen LogP contribution is 2.10. The normalized spacial score (nSPS) is 10.9. The molecule has 0 saturated heterocycles. The second kappa shape index (κ2) is 5.64. The van der Waals surface area contributed by atoms with Gasteiger partial charge in [-0.2, -0.15) is 0 Å². The highest BCUT2D eigenvalue weighted by atomic mass is 16.5. The van der Waals surface area contributed by atoms with Crippen LogP contribution in [0.15, 0.2) is 29.3 Å². The summed E-state index contributed by atoms with van der Waals surface area (Å²) in [4.78, 5) is 16.4. The van der Waals surface area contributed by atoms with Crippen molar-refractivity contribution in [1.29, 1.82) is 0 Å². The Balaban J connectivity index is 2.24. The fourth-order valence-electron chi connectivity index (χ4n) is 1.75. The Morgan fingerprint density at radius 3 is 3.00 bits per heavy atom. The molecule has 0 amide bonds. The lowest BCUT2D eigenvalue weighted by atomic mass is 10.2. The first kappa shape index (κ1) is 12.6. The van der Waals surface area contributed by atoms with E-state index in [9.17, 15) is 4.79 Å². The van der Waals surface area contributed by atoms with E-state index in [-0.39, 0.29) is 5.56 Å². The van der Waals surface area contributed by atoms with Crippen LogP contribution in [-0.2, 0) is 11.3 Å². The van der Waals surface area contributed by atoms with Crippen LogP contribution in [0.25, 0.3) is 10.9 Å². The van der Waals surface area contributed by atoms with Crippen molar-refractivity contribution in [2.24, 2.45) is 0 Å². The van der Waals surface area contributed by atoms with Crippen molar-refractivity contribution in [2.45, 2.75) is 19.9 Å². The summed E-state index contributed by atoms with van der Waals surface area (Å²) in [6.07, 6.45) is 2.53. The number of hydrogen-bond acceptors (Lipinski definition) is 4. The Morgan fingerprint density at radius 1 is 1.39 bits per heavy atom. The molecule has 1 heterocycles. The zero-order valence-electron chi connectivity index (χ0n) is 10.4. The first-order chi connectivity index (χ1) is 8.72. The van der Waals surface area contributed by atoms with Crippen molar-refractivity contribution in [3.63, 3.8) is 0 Å². The van der Waals surface area contributed by atoms with Crippen molar-refractivity contribution in [1.82, 2.24) is 9.55 Å². The van der Waals surface area contributed by atoms with Crippen LogP contribution in [0.5, 0.6) is 0 Å². The lowest BCUT2D eigenvalue weighted by Gasteiger charge is -2.07. The number of anilines is 1. The van der Waals surface area contributed by atoms with Gasteiger partial charge in [-0.3, -0.25) is 9.36 Å². The monoisotopic (exact) mass is 247 g/mol. The first-order valence-corrected chi connectivity index (χ1v) is 6.05. The molecule has 2 N–H and O–H groups in total. The Morgan fingerprint density at radius 2 is 2.22 bits per heavy atom. The topological polar surface area (TPSA) is 70.1 Å². The van der Waals surface area contributed by atoms with Crippen LogP contribution in [0.4, 0.5) is 5.69 Å². The zero-order chi connectivity index (χ0) is 13.0. The van der Waals surface area contributed by atoms with Crippen molar-refractivity contribution in [2.75, 3.05) is 18.9 Å². The molecule has 0 bridgehead atoms. The van der Waals surface area contributed by atoms with E-state index in [0.29, 0.717) is 36.3 Å². The minimum absolute atomic E-state index is 0.0765. The summed E-state index contributed by atoms with van der Waals surface area (Å²) < 4.78 is 6.92. The molecule has 2 aromatic rings. The third-order valence-electron chi connectivity index (χ3n) is 2.67. The second-order valence-corrected chi connectivity index (χ2v) is 4.13. The maximum atomic E-state index is 12.2. The van der Waals surface area contributed by atoms with E-state index in [4.69, 9.17) is 10.5 Å². The Kier molecular flexibility index (Phi) is 3.94. The molecule has 0 fully saturated rings. The van der Waals surface area contributed by atoms with Crippen LogP contribution < -0.4 is 11.3 Å². The summed E-state index contributed by atoms with van der Waals surface area (Å²) >= 11 is 0. The molecule has 0 aliphatic heterocycles.